The molecule has 4 nitrogen and oxygen atoms in total. The summed E-state index contributed by atoms with van der Waals surface area (Å²) in [7, 11) is 0. The van der Waals surface area contributed by atoms with Crippen molar-refractivity contribution in [1.82, 2.24) is 4.90 Å². The molecule has 0 atom stereocenters. The Hall–Kier alpha value is -2.28. The van der Waals surface area contributed by atoms with Crippen LogP contribution in [-0.4, -0.2) is 36.3 Å². The topological polar surface area (TPSA) is 40.6 Å². The highest BCUT2D eigenvalue weighted by Crippen LogP contribution is 2.26. The molecule has 7 heteroatoms. The van der Waals surface area contributed by atoms with Gasteiger partial charge in [0.05, 0.1) is 4.88 Å². The van der Waals surface area contributed by atoms with E-state index in [0.29, 0.717) is 43.0 Å². The molecule has 1 aromatic heterocycles. The van der Waals surface area contributed by atoms with Crippen molar-refractivity contribution in [2.45, 2.75) is 19.8 Å². The lowest BCUT2D eigenvalue weighted by atomic mass is 9.94. The summed E-state index contributed by atoms with van der Waals surface area (Å²) in [4.78, 5) is 29.2. The number of carbonyl (C=O) groups is 2. The molecular formula is C19H20F2N2O2S. The largest absolute Gasteiger partial charge is 0.338 e. The predicted molar refractivity (Wildman–Crippen MR) is 97.3 cm³/mol. The fourth-order valence-electron chi connectivity index (χ4n) is 3.22. The van der Waals surface area contributed by atoms with E-state index in [1.54, 1.807) is 17.9 Å². The second-order valence-electron chi connectivity index (χ2n) is 6.22. The zero-order valence-electron chi connectivity index (χ0n) is 14.5. The summed E-state index contributed by atoms with van der Waals surface area (Å²) < 4.78 is 26.6. The Morgan fingerprint density at radius 2 is 1.92 bits per heavy atom. The molecule has 1 aliphatic heterocycles. The maximum absolute atomic E-state index is 13.5. The molecule has 1 fully saturated rings. The number of likely N-dealkylation sites (tertiary alicyclic amines) is 1. The number of anilines is 1. The van der Waals surface area contributed by atoms with E-state index in [1.165, 1.54) is 22.3 Å². The fraction of sp³-hybridized carbons (Fsp3) is 0.368. The van der Waals surface area contributed by atoms with Crippen molar-refractivity contribution in [3.05, 3.63) is 52.2 Å². The smallest absolute Gasteiger partial charge is 0.263 e. The molecule has 138 valence electrons. The van der Waals surface area contributed by atoms with Crippen LogP contribution in [0.2, 0.25) is 0 Å². The lowest BCUT2D eigenvalue weighted by molar-refractivity contribution is -0.123. The third kappa shape index (κ3) is 3.77. The molecule has 26 heavy (non-hydrogen) atoms. The molecule has 0 N–H and O–H groups in total. The summed E-state index contributed by atoms with van der Waals surface area (Å²) in [5, 5.41) is 1.87. The van der Waals surface area contributed by atoms with Crippen molar-refractivity contribution in [2.75, 3.05) is 24.5 Å². The molecule has 0 aliphatic carbocycles. The molecule has 3 rings (SSSR count). The molecule has 0 spiro atoms. The van der Waals surface area contributed by atoms with Crippen molar-refractivity contribution in [2.24, 2.45) is 5.92 Å². The number of nitrogens with zero attached hydrogens (tertiary/aromatic N) is 2. The number of hydrogen-bond donors (Lipinski definition) is 0. The van der Waals surface area contributed by atoms with Crippen LogP contribution in [0.5, 0.6) is 0 Å². The average molecular weight is 378 g/mol. The molecule has 1 aliphatic rings. The van der Waals surface area contributed by atoms with Crippen LogP contribution in [0, 0.1) is 17.6 Å². The van der Waals surface area contributed by atoms with Crippen molar-refractivity contribution >= 4 is 28.8 Å². The Morgan fingerprint density at radius 3 is 2.50 bits per heavy atom. The van der Waals surface area contributed by atoms with E-state index in [4.69, 9.17) is 0 Å². The predicted octanol–water partition coefficient (Wildman–Crippen LogP) is 3.93. The first-order chi connectivity index (χ1) is 12.5. The molecule has 1 saturated heterocycles. The summed E-state index contributed by atoms with van der Waals surface area (Å²) in [6.07, 6.45) is 1.13. The van der Waals surface area contributed by atoms with Crippen molar-refractivity contribution in [1.29, 1.82) is 0 Å². The minimum Gasteiger partial charge on any atom is -0.338 e. The standard InChI is InChI=1S/C19H20F2N2O2S/c1-2-23(14-5-6-15(20)16(21)12-14)18(24)13-7-9-22(10-8-13)19(25)17-4-3-11-26-17/h3-6,11-13H,2,7-10H2,1H3. The number of amides is 2. The van der Waals surface area contributed by atoms with Gasteiger partial charge in [0.2, 0.25) is 5.91 Å². The highest BCUT2D eigenvalue weighted by Gasteiger charge is 2.31. The van der Waals surface area contributed by atoms with Crippen LogP contribution in [0.25, 0.3) is 0 Å². The lowest BCUT2D eigenvalue weighted by Gasteiger charge is -2.34. The first kappa shape index (κ1) is 18.5. The molecule has 2 aromatic rings. The molecule has 2 heterocycles. The molecule has 0 radical (unpaired) electrons. The minimum absolute atomic E-state index is 0.00106. The summed E-state index contributed by atoms with van der Waals surface area (Å²) in [5.41, 5.74) is 0.355. The van der Waals surface area contributed by atoms with Crippen molar-refractivity contribution in [3.8, 4) is 0 Å². The van der Waals surface area contributed by atoms with Gasteiger partial charge in [0, 0.05) is 37.3 Å². The summed E-state index contributed by atoms with van der Waals surface area (Å²) in [5.74, 6) is -2.24. The van der Waals surface area contributed by atoms with Crippen LogP contribution < -0.4 is 4.90 Å². The summed E-state index contributed by atoms with van der Waals surface area (Å²) >= 11 is 1.41. The van der Waals surface area contributed by atoms with Crippen LogP contribution in [-0.2, 0) is 4.79 Å². The van der Waals surface area contributed by atoms with E-state index in [0.717, 1.165) is 12.1 Å². The number of piperidine rings is 1. The third-order valence-electron chi connectivity index (χ3n) is 4.66. The van der Waals surface area contributed by atoms with E-state index in [1.807, 2.05) is 11.4 Å². The normalized spacial score (nSPS) is 15.1. The van der Waals surface area contributed by atoms with E-state index in [-0.39, 0.29) is 17.7 Å². The fourth-order valence-corrected chi connectivity index (χ4v) is 3.92. The van der Waals surface area contributed by atoms with Crippen LogP contribution in [0.4, 0.5) is 14.5 Å². The van der Waals surface area contributed by atoms with Crippen LogP contribution in [0.1, 0.15) is 29.4 Å². The van der Waals surface area contributed by atoms with Gasteiger partial charge in [-0.05, 0) is 43.3 Å². The number of halogens is 2. The van der Waals surface area contributed by atoms with Gasteiger partial charge in [-0.25, -0.2) is 8.78 Å². The first-order valence-corrected chi connectivity index (χ1v) is 9.48. The van der Waals surface area contributed by atoms with Crippen molar-refractivity contribution < 1.29 is 18.4 Å². The summed E-state index contributed by atoms with van der Waals surface area (Å²) in [6, 6.07) is 7.13. The van der Waals surface area contributed by atoms with Gasteiger partial charge in [-0.2, -0.15) is 0 Å². The average Bonchev–Trinajstić information content (AvgIpc) is 3.19. The quantitative estimate of drug-likeness (QED) is 0.809. The van der Waals surface area contributed by atoms with Crippen molar-refractivity contribution in [3.63, 3.8) is 0 Å². The Balaban J connectivity index is 1.65. The molecule has 0 bridgehead atoms. The zero-order valence-corrected chi connectivity index (χ0v) is 15.3. The van der Waals surface area contributed by atoms with Gasteiger partial charge >= 0.3 is 0 Å². The Bertz CT molecular complexity index is 787. The Kier molecular flexibility index (Phi) is 5.66. The molecule has 0 saturated carbocycles. The Labute approximate surface area is 155 Å². The number of hydrogen-bond acceptors (Lipinski definition) is 3. The van der Waals surface area contributed by atoms with Crippen LogP contribution in [0.15, 0.2) is 35.7 Å². The van der Waals surface area contributed by atoms with Crippen LogP contribution >= 0.6 is 11.3 Å². The van der Waals surface area contributed by atoms with Crippen LogP contribution in [0.3, 0.4) is 0 Å². The van der Waals surface area contributed by atoms with Gasteiger partial charge in [0.15, 0.2) is 11.6 Å². The molecule has 2 amide bonds. The number of benzene rings is 1. The van der Waals surface area contributed by atoms with E-state index in [9.17, 15) is 18.4 Å². The second kappa shape index (κ2) is 7.95. The van der Waals surface area contributed by atoms with E-state index >= 15 is 0 Å². The number of thiophene rings is 1. The molecular weight excluding hydrogens is 358 g/mol. The summed E-state index contributed by atoms with van der Waals surface area (Å²) in [6.45, 7) is 3.21. The number of carbonyl (C=O) groups excluding carboxylic acids is 2. The first-order valence-electron chi connectivity index (χ1n) is 8.60. The SMILES string of the molecule is CCN(C(=O)C1CCN(C(=O)c2cccs2)CC1)c1ccc(F)c(F)c1. The monoisotopic (exact) mass is 378 g/mol. The molecule has 0 unspecified atom stereocenters. The van der Waals surface area contributed by atoms with Gasteiger partial charge in [-0.15, -0.1) is 11.3 Å². The Morgan fingerprint density at radius 1 is 1.19 bits per heavy atom. The van der Waals surface area contributed by atoms with E-state index in [2.05, 4.69) is 0 Å². The van der Waals surface area contributed by atoms with Gasteiger partial charge in [-0.3, -0.25) is 9.59 Å². The maximum Gasteiger partial charge on any atom is 0.263 e. The van der Waals surface area contributed by atoms with E-state index < -0.39 is 11.6 Å². The van der Waals surface area contributed by atoms with Gasteiger partial charge < -0.3 is 9.80 Å². The lowest BCUT2D eigenvalue weighted by Crippen LogP contribution is -2.44. The highest BCUT2D eigenvalue weighted by molar-refractivity contribution is 7.12. The molecule has 1 aromatic carbocycles. The number of rotatable bonds is 4. The highest BCUT2D eigenvalue weighted by atomic mass is 32.1. The maximum atomic E-state index is 13.5. The van der Waals surface area contributed by atoms with Gasteiger partial charge in [0.1, 0.15) is 0 Å². The third-order valence-corrected chi connectivity index (χ3v) is 5.52. The van der Waals surface area contributed by atoms with Gasteiger partial charge in [-0.1, -0.05) is 6.07 Å². The zero-order chi connectivity index (χ0) is 18.7. The minimum atomic E-state index is -0.967. The van der Waals surface area contributed by atoms with Gasteiger partial charge in [0.25, 0.3) is 5.91 Å². The second-order valence-corrected chi connectivity index (χ2v) is 7.17.